The lowest BCUT2D eigenvalue weighted by Crippen LogP contribution is -2.70. The van der Waals surface area contributed by atoms with Crippen molar-refractivity contribution in [2.24, 2.45) is 5.92 Å². The number of nitrogens with one attached hydrogen (secondary N) is 1. The number of aliphatic hydroxyl groups is 2. The fraction of sp³-hybridized carbons (Fsp3) is 0.389. The van der Waals surface area contributed by atoms with E-state index in [9.17, 15) is 24.2 Å². The van der Waals surface area contributed by atoms with Crippen LogP contribution in [-0.4, -0.2) is 63.7 Å². The number of aliphatic hydroxyl groups excluding tert-OH is 1. The molecule has 6 atom stereocenters. The molecule has 0 saturated carbocycles. The van der Waals surface area contributed by atoms with Gasteiger partial charge in [0.2, 0.25) is 5.60 Å². The van der Waals surface area contributed by atoms with Crippen molar-refractivity contribution in [3.8, 4) is 0 Å². The number of hydrogen-bond donors (Lipinski definition) is 3. The van der Waals surface area contributed by atoms with Gasteiger partial charge in [0.05, 0.1) is 18.6 Å². The number of nitrogens with zero attached hydrogens (tertiary/aromatic N) is 1. The van der Waals surface area contributed by atoms with Crippen molar-refractivity contribution in [3.05, 3.63) is 115 Å². The number of esters is 1. The number of carbonyl (C=O) groups excluding carboxylic acids is 2. The number of carbonyl (C=O) groups is 2. The number of benzene rings is 3. The molecule has 0 radical (unpaired) electrons. The summed E-state index contributed by atoms with van der Waals surface area (Å²) in [6.07, 6.45) is -0.0472. The minimum absolute atomic E-state index is 0.0385. The van der Waals surface area contributed by atoms with Gasteiger partial charge in [-0.25, -0.2) is 9.29 Å². The molecule has 3 aromatic carbocycles. The standard InChI is InChI=1S/C36H39FN2O7/c1-4-21-44-31(41)23-29(40)22-30-19-20-39-35(43,26-15-17-27(37)18-16-26)33(25-11-7-5-8-12-25)34(46-33,36(39,45-30)24(2)3)32(42)38-28-13-9-6-10-14-28/h4-18,24,29-30,40,43H,1,19-23H2,2-3H3,(H,38,42)/t29-,30+,33+,34+,35+,36+/m0/s1. The summed E-state index contributed by atoms with van der Waals surface area (Å²) in [5.74, 6) is -2.02. The summed E-state index contributed by atoms with van der Waals surface area (Å²) in [6.45, 7) is 7.60. The number of fused-ring (bicyclic) bond motifs is 3. The van der Waals surface area contributed by atoms with Crippen LogP contribution in [0.1, 0.15) is 44.2 Å². The van der Waals surface area contributed by atoms with Crippen molar-refractivity contribution in [2.75, 3.05) is 18.5 Å². The van der Waals surface area contributed by atoms with E-state index in [0.29, 0.717) is 23.2 Å². The Hall–Kier alpha value is -3.93. The summed E-state index contributed by atoms with van der Waals surface area (Å²) in [7, 11) is 0. The number of hydrogen-bond acceptors (Lipinski definition) is 8. The van der Waals surface area contributed by atoms with Crippen LogP contribution in [0.3, 0.4) is 0 Å². The molecular weight excluding hydrogens is 591 g/mol. The molecule has 3 N–H and O–H groups in total. The number of rotatable bonds is 11. The number of halogens is 1. The maximum atomic E-state index is 14.8. The number of epoxide rings is 1. The molecule has 3 aromatic rings. The Balaban J connectivity index is 1.50. The molecule has 3 aliphatic heterocycles. The van der Waals surface area contributed by atoms with Crippen LogP contribution in [0.25, 0.3) is 0 Å². The van der Waals surface area contributed by atoms with Crippen molar-refractivity contribution in [3.63, 3.8) is 0 Å². The van der Waals surface area contributed by atoms with Gasteiger partial charge in [-0.1, -0.05) is 87.2 Å². The van der Waals surface area contributed by atoms with E-state index in [1.165, 1.54) is 30.3 Å². The van der Waals surface area contributed by atoms with Gasteiger partial charge < -0.3 is 29.7 Å². The minimum Gasteiger partial charge on any atom is -0.461 e. The first-order chi connectivity index (χ1) is 22.1. The van der Waals surface area contributed by atoms with Crippen LogP contribution in [0.2, 0.25) is 0 Å². The Morgan fingerprint density at radius 3 is 2.35 bits per heavy atom. The first-order valence-corrected chi connectivity index (χ1v) is 15.6. The zero-order valence-electron chi connectivity index (χ0n) is 25.9. The number of ether oxygens (including phenoxy) is 3. The van der Waals surface area contributed by atoms with E-state index in [-0.39, 0.29) is 26.0 Å². The first kappa shape index (κ1) is 32.0. The van der Waals surface area contributed by atoms with E-state index in [1.807, 2.05) is 38.1 Å². The number of para-hydroxylation sites is 1. The van der Waals surface area contributed by atoms with Crippen LogP contribution in [0.5, 0.6) is 0 Å². The molecule has 3 aliphatic rings. The van der Waals surface area contributed by atoms with Crippen LogP contribution < -0.4 is 5.32 Å². The van der Waals surface area contributed by atoms with E-state index in [2.05, 4.69) is 11.9 Å². The molecule has 0 aromatic heterocycles. The smallest absolute Gasteiger partial charge is 0.308 e. The molecule has 3 saturated heterocycles. The highest BCUT2D eigenvalue weighted by Gasteiger charge is 2.99. The molecule has 0 spiro atoms. The maximum Gasteiger partial charge on any atom is 0.308 e. The maximum absolute atomic E-state index is 14.8. The van der Waals surface area contributed by atoms with E-state index in [1.54, 1.807) is 41.3 Å². The summed E-state index contributed by atoms with van der Waals surface area (Å²) in [5, 5.41) is 27.1. The van der Waals surface area contributed by atoms with Crippen LogP contribution in [0.4, 0.5) is 10.1 Å². The zero-order valence-corrected chi connectivity index (χ0v) is 25.9. The average molecular weight is 631 g/mol. The van der Waals surface area contributed by atoms with Crippen molar-refractivity contribution >= 4 is 17.6 Å². The molecule has 3 heterocycles. The molecule has 242 valence electrons. The Morgan fingerprint density at radius 1 is 1.07 bits per heavy atom. The first-order valence-electron chi connectivity index (χ1n) is 15.6. The Bertz CT molecular complexity index is 1590. The van der Waals surface area contributed by atoms with Crippen LogP contribution >= 0.6 is 0 Å². The highest BCUT2D eigenvalue weighted by atomic mass is 19.1. The normalized spacial score (nSPS) is 30.6. The van der Waals surface area contributed by atoms with E-state index in [4.69, 9.17) is 14.2 Å². The third-order valence-electron chi connectivity index (χ3n) is 9.43. The second-order valence-corrected chi connectivity index (χ2v) is 12.4. The van der Waals surface area contributed by atoms with Crippen molar-refractivity contribution < 1.29 is 38.4 Å². The Morgan fingerprint density at radius 2 is 1.72 bits per heavy atom. The lowest BCUT2D eigenvalue weighted by molar-refractivity contribution is -0.327. The number of anilines is 1. The Labute approximate surface area is 267 Å². The molecular formula is C36H39FN2O7. The fourth-order valence-electron chi connectivity index (χ4n) is 7.62. The largest absolute Gasteiger partial charge is 0.461 e. The zero-order chi connectivity index (χ0) is 32.7. The Kier molecular flexibility index (Phi) is 8.37. The third kappa shape index (κ3) is 4.62. The minimum atomic E-state index is -1.99. The molecule has 10 heteroatoms. The van der Waals surface area contributed by atoms with Crippen LogP contribution in [0, 0.1) is 11.7 Å². The highest BCUT2D eigenvalue weighted by Crippen LogP contribution is 2.79. The average Bonchev–Trinajstić information content (AvgIpc) is 3.74. The molecule has 6 rings (SSSR count). The van der Waals surface area contributed by atoms with Gasteiger partial charge in [0.15, 0.2) is 17.1 Å². The van der Waals surface area contributed by atoms with Crippen molar-refractivity contribution in [1.82, 2.24) is 4.90 Å². The van der Waals surface area contributed by atoms with Crippen LogP contribution in [0.15, 0.2) is 97.6 Å². The summed E-state index contributed by atoms with van der Waals surface area (Å²) >= 11 is 0. The topological polar surface area (TPSA) is 121 Å². The van der Waals surface area contributed by atoms with Gasteiger partial charge in [0.25, 0.3) is 5.91 Å². The summed E-state index contributed by atoms with van der Waals surface area (Å²) in [6, 6.07) is 23.5. The SMILES string of the molecule is C=CCOC(=O)C[C@@H](O)C[C@H]1CCN2[C@@](O)(c3ccc(F)cc3)[C@]3(c4ccccc4)O[C@@]3(C(=O)Nc3ccccc3)[C@@]2(C(C)C)O1. The van der Waals surface area contributed by atoms with E-state index in [0.717, 1.165) is 0 Å². The molecule has 0 aliphatic carbocycles. The van der Waals surface area contributed by atoms with Crippen LogP contribution in [-0.2, 0) is 35.1 Å². The van der Waals surface area contributed by atoms with Gasteiger partial charge in [0.1, 0.15) is 12.4 Å². The lowest BCUT2D eigenvalue weighted by Gasteiger charge is -2.55. The summed E-state index contributed by atoms with van der Waals surface area (Å²) in [4.78, 5) is 28.8. The number of amides is 1. The van der Waals surface area contributed by atoms with Gasteiger partial charge in [-0.3, -0.25) is 9.59 Å². The molecule has 9 nitrogen and oxygen atoms in total. The number of morpholine rings is 1. The van der Waals surface area contributed by atoms with Gasteiger partial charge in [-0.15, -0.1) is 0 Å². The lowest BCUT2D eigenvalue weighted by atomic mass is 9.73. The van der Waals surface area contributed by atoms with Crippen molar-refractivity contribution in [1.29, 1.82) is 0 Å². The molecule has 0 bridgehead atoms. The molecule has 46 heavy (non-hydrogen) atoms. The molecule has 1 amide bonds. The van der Waals surface area contributed by atoms with E-state index >= 15 is 0 Å². The predicted molar refractivity (Wildman–Crippen MR) is 167 cm³/mol. The fourth-order valence-corrected chi connectivity index (χ4v) is 7.62. The molecule has 3 fully saturated rings. The summed E-state index contributed by atoms with van der Waals surface area (Å²) in [5.41, 5.74) is -5.63. The second-order valence-electron chi connectivity index (χ2n) is 12.4. The third-order valence-corrected chi connectivity index (χ3v) is 9.43. The highest BCUT2D eigenvalue weighted by molar-refractivity contribution is 6.03. The predicted octanol–water partition coefficient (Wildman–Crippen LogP) is 4.60. The summed E-state index contributed by atoms with van der Waals surface area (Å²) < 4.78 is 33.1. The van der Waals surface area contributed by atoms with Gasteiger partial charge in [-0.05, 0) is 42.2 Å². The quantitative estimate of drug-likeness (QED) is 0.160. The van der Waals surface area contributed by atoms with Crippen molar-refractivity contribution in [2.45, 2.75) is 68.0 Å². The van der Waals surface area contributed by atoms with Gasteiger partial charge >= 0.3 is 5.97 Å². The van der Waals surface area contributed by atoms with Gasteiger partial charge in [-0.2, -0.15) is 0 Å². The monoisotopic (exact) mass is 630 g/mol. The van der Waals surface area contributed by atoms with E-state index < -0.39 is 58.5 Å². The molecule has 0 unspecified atom stereocenters. The second kappa shape index (κ2) is 12.0. The van der Waals surface area contributed by atoms with Gasteiger partial charge in [0, 0.05) is 24.2 Å².